The molecule has 0 aromatic heterocycles. The molecule has 0 heterocycles. The highest BCUT2D eigenvalue weighted by atomic mass is 16.5. The van der Waals surface area contributed by atoms with Gasteiger partial charge in [0.15, 0.2) is 11.5 Å². The van der Waals surface area contributed by atoms with E-state index in [4.69, 9.17) is 19.5 Å². The second kappa shape index (κ2) is 9.10. The van der Waals surface area contributed by atoms with Gasteiger partial charge in [-0.3, -0.25) is 9.59 Å². The third-order valence-electron chi connectivity index (χ3n) is 3.57. The van der Waals surface area contributed by atoms with E-state index < -0.39 is 11.8 Å². The van der Waals surface area contributed by atoms with Crippen LogP contribution in [0.5, 0.6) is 17.2 Å². The van der Waals surface area contributed by atoms with Gasteiger partial charge in [-0.15, -0.1) is 0 Å². The molecule has 2 aromatic carbocycles. The number of rotatable bonds is 7. The van der Waals surface area contributed by atoms with E-state index in [1.165, 1.54) is 21.3 Å². The van der Waals surface area contributed by atoms with Crippen molar-refractivity contribution < 1.29 is 23.8 Å². The van der Waals surface area contributed by atoms with Crippen LogP contribution >= 0.6 is 0 Å². The number of hydrogen-bond donors (Lipinski definition) is 2. The molecule has 0 fully saturated rings. The predicted molar refractivity (Wildman–Crippen MR) is 99.1 cm³/mol. The number of methoxy groups -OCH3 is 3. The summed E-state index contributed by atoms with van der Waals surface area (Å²) < 4.78 is 15.7. The Morgan fingerprint density at radius 3 is 1.85 bits per heavy atom. The number of anilines is 2. The van der Waals surface area contributed by atoms with Crippen molar-refractivity contribution in [1.82, 2.24) is 0 Å². The maximum absolute atomic E-state index is 12.1. The Labute approximate surface area is 156 Å². The molecule has 2 N–H and O–H groups in total. The fraction of sp³-hybridized carbons (Fsp3) is 0.211. The lowest BCUT2D eigenvalue weighted by molar-refractivity contribution is -0.123. The SMILES string of the molecule is COc1cc(NC(=O)CC(=O)Nc2ccc(C#N)cc2)cc(OC)c1OC. The van der Waals surface area contributed by atoms with Gasteiger partial charge in [-0.2, -0.15) is 5.26 Å². The normalized spacial score (nSPS) is 9.70. The number of carbonyl (C=O) groups excluding carboxylic acids is 2. The molecule has 27 heavy (non-hydrogen) atoms. The molecule has 0 bridgehead atoms. The molecule has 0 unspecified atom stereocenters. The largest absolute Gasteiger partial charge is 0.493 e. The second-order valence-electron chi connectivity index (χ2n) is 5.38. The van der Waals surface area contributed by atoms with Gasteiger partial charge in [0, 0.05) is 23.5 Å². The molecule has 8 heteroatoms. The average molecular weight is 369 g/mol. The summed E-state index contributed by atoms with van der Waals surface area (Å²) in [6.45, 7) is 0. The van der Waals surface area contributed by atoms with E-state index in [0.717, 1.165) is 0 Å². The Morgan fingerprint density at radius 1 is 0.889 bits per heavy atom. The Bertz CT molecular complexity index is 847. The van der Waals surface area contributed by atoms with Crippen LogP contribution in [0.4, 0.5) is 11.4 Å². The Morgan fingerprint density at radius 2 is 1.41 bits per heavy atom. The maximum Gasteiger partial charge on any atom is 0.233 e. The highest BCUT2D eigenvalue weighted by molar-refractivity contribution is 6.08. The molecule has 0 aliphatic heterocycles. The number of nitriles is 1. The van der Waals surface area contributed by atoms with Crippen LogP contribution in [-0.4, -0.2) is 33.1 Å². The van der Waals surface area contributed by atoms with Gasteiger partial charge < -0.3 is 24.8 Å². The minimum Gasteiger partial charge on any atom is -0.493 e. The van der Waals surface area contributed by atoms with E-state index in [0.29, 0.717) is 34.2 Å². The van der Waals surface area contributed by atoms with Crippen molar-refractivity contribution in [2.24, 2.45) is 0 Å². The summed E-state index contributed by atoms with van der Waals surface area (Å²) in [4.78, 5) is 24.1. The molecule has 0 spiro atoms. The molecule has 0 saturated carbocycles. The number of hydrogen-bond acceptors (Lipinski definition) is 6. The highest BCUT2D eigenvalue weighted by Gasteiger charge is 2.16. The molecule has 2 amide bonds. The summed E-state index contributed by atoms with van der Waals surface area (Å²) in [7, 11) is 4.41. The molecule has 0 aliphatic carbocycles. The van der Waals surface area contributed by atoms with Gasteiger partial charge in [-0.25, -0.2) is 0 Å². The molecule has 0 saturated heterocycles. The highest BCUT2D eigenvalue weighted by Crippen LogP contribution is 2.39. The third kappa shape index (κ3) is 5.12. The molecule has 8 nitrogen and oxygen atoms in total. The van der Waals surface area contributed by atoms with Crippen LogP contribution in [-0.2, 0) is 9.59 Å². The molecule has 0 radical (unpaired) electrons. The van der Waals surface area contributed by atoms with Crippen LogP contribution in [0.25, 0.3) is 0 Å². The maximum atomic E-state index is 12.1. The van der Waals surface area contributed by atoms with E-state index in [1.54, 1.807) is 36.4 Å². The van der Waals surface area contributed by atoms with Gasteiger partial charge in [0.2, 0.25) is 17.6 Å². The number of nitrogens with one attached hydrogen (secondary N) is 2. The quantitative estimate of drug-likeness (QED) is 0.726. The fourth-order valence-electron chi connectivity index (χ4n) is 2.34. The standard InChI is InChI=1S/C19H19N3O5/c1-25-15-8-14(9-16(26-2)19(15)27-3)22-18(24)10-17(23)21-13-6-4-12(11-20)5-7-13/h4-9H,10H2,1-3H3,(H,21,23)(H,22,24). The van der Waals surface area contributed by atoms with Crippen LogP contribution in [0.15, 0.2) is 36.4 Å². The van der Waals surface area contributed by atoms with E-state index >= 15 is 0 Å². The Balaban J connectivity index is 2.02. The molecule has 140 valence electrons. The van der Waals surface area contributed by atoms with Crippen LogP contribution in [0.3, 0.4) is 0 Å². The van der Waals surface area contributed by atoms with E-state index in [9.17, 15) is 9.59 Å². The van der Waals surface area contributed by atoms with Crippen molar-refractivity contribution in [2.75, 3.05) is 32.0 Å². The van der Waals surface area contributed by atoms with Crippen LogP contribution in [0.1, 0.15) is 12.0 Å². The van der Waals surface area contributed by atoms with E-state index in [1.807, 2.05) is 6.07 Å². The Hall–Kier alpha value is -3.73. The van der Waals surface area contributed by atoms with Crippen LogP contribution < -0.4 is 24.8 Å². The molecule has 0 atom stereocenters. The van der Waals surface area contributed by atoms with Crippen LogP contribution in [0.2, 0.25) is 0 Å². The zero-order valence-corrected chi connectivity index (χ0v) is 15.2. The lowest BCUT2D eigenvalue weighted by atomic mass is 10.2. The number of ether oxygens (including phenoxy) is 3. The molecular formula is C19H19N3O5. The summed E-state index contributed by atoms with van der Waals surface area (Å²) in [6.07, 6.45) is -0.378. The van der Waals surface area contributed by atoms with Gasteiger partial charge in [-0.05, 0) is 24.3 Å². The Kier molecular flexibility index (Phi) is 6.61. The number of carbonyl (C=O) groups is 2. The van der Waals surface area contributed by atoms with Crippen molar-refractivity contribution in [3.05, 3.63) is 42.0 Å². The van der Waals surface area contributed by atoms with Crippen molar-refractivity contribution >= 4 is 23.2 Å². The average Bonchev–Trinajstić information content (AvgIpc) is 2.67. The van der Waals surface area contributed by atoms with Crippen molar-refractivity contribution in [3.8, 4) is 23.3 Å². The molecule has 2 aromatic rings. The first-order valence-electron chi connectivity index (χ1n) is 7.90. The summed E-state index contributed by atoms with van der Waals surface area (Å²) in [6, 6.07) is 11.5. The number of nitrogens with zero attached hydrogens (tertiary/aromatic N) is 1. The summed E-state index contributed by atoms with van der Waals surface area (Å²) in [5.41, 5.74) is 1.38. The molecular weight excluding hydrogens is 350 g/mol. The second-order valence-corrected chi connectivity index (χ2v) is 5.38. The summed E-state index contributed by atoms with van der Waals surface area (Å²) >= 11 is 0. The minimum atomic E-state index is -0.504. The van der Waals surface area contributed by atoms with Crippen molar-refractivity contribution in [3.63, 3.8) is 0 Å². The van der Waals surface area contributed by atoms with Gasteiger partial charge in [-0.1, -0.05) is 0 Å². The zero-order chi connectivity index (χ0) is 19.8. The molecule has 0 aliphatic rings. The zero-order valence-electron chi connectivity index (χ0n) is 15.2. The fourth-order valence-corrected chi connectivity index (χ4v) is 2.34. The third-order valence-corrected chi connectivity index (χ3v) is 3.57. The van der Waals surface area contributed by atoms with E-state index in [2.05, 4.69) is 10.6 Å². The number of benzene rings is 2. The topological polar surface area (TPSA) is 110 Å². The summed E-state index contributed by atoms with van der Waals surface area (Å²) in [5, 5.41) is 14.0. The van der Waals surface area contributed by atoms with E-state index in [-0.39, 0.29) is 6.42 Å². The smallest absolute Gasteiger partial charge is 0.233 e. The lowest BCUT2D eigenvalue weighted by Crippen LogP contribution is -2.21. The first-order chi connectivity index (χ1) is 13.0. The van der Waals surface area contributed by atoms with Gasteiger partial charge in [0.1, 0.15) is 6.42 Å². The molecule has 2 rings (SSSR count). The predicted octanol–water partition coefficient (Wildman–Crippen LogP) is 2.55. The van der Waals surface area contributed by atoms with Crippen molar-refractivity contribution in [2.45, 2.75) is 6.42 Å². The first-order valence-corrected chi connectivity index (χ1v) is 7.90. The lowest BCUT2D eigenvalue weighted by Gasteiger charge is -2.14. The van der Waals surface area contributed by atoms with Crippen molar-refractivity contribution in [1.29, 1.82) is 5.26 Å². The number of amides is 2. The summed E-state index contributed by atoms with van der Waals surface area (Å²) in [5.74, 6) is 0.181. The van der Waals surface area contributed by atoms with Crippen LogP contribution in [0, 0.1) is 11.3 Å². The van der Waals surface area contributed by atoms with Gasteiger partial charge >= 0.3 is 0 Å². The monoisotopic (exact) mass is 369 g/mol. The first kappa shape index (κ1) is 19.6. The van der Waals surface area contributed by atoms with Gasteiger partial charge in [0.25, 0.3) is 0 Å². The minimum absolute atomic E-state index is 0.378. The van der Waals surface area contributed by atoms with Gasteiger partial charge in [0.05, 0.1) is 33.0 Å².